The van der Waals surface area contributed by atoms with Gasteiger partial charge in [0.2, 0.25) is 0 Å². The fourth-order valence-corrected chi connectivity index (χ4v) is 2.45. The smallest absolute Gasteiger partial charge is 0.191 e. The van der Waals surface area contributed by atoms with Crippen LogP contribution in [0.3, 0.4) is 0 Å². The van der Waals surface area contributed by atoms with Crippen LogP contribution in [0.5, 0.6) is 0 Å². The average Bonchev–Trinajstić information content (AvgIpc) is 3.14. The van der Waals surface area contributed by atoms with Crippen LogP contribution in [0.2, 0.25) is 0 Å². The van der Waals surface area contributed by atoms with Crippen LogP contribution in [-0.4, -0.2) is 28.3 Å². The number of rotatable bonds is 7. The van der Waals surface area contributed by atoms with Crippen LogP contribution in [0.1, 0.15) is 43.0 Å². The Hall–Kier alpha value is -1.51. The lowest BCUT2D eigenvalue weighted by atomic mass is 10.2. The second-order valence-corrected chi connectivity index (χ2v) is 6.15. The highest BCUT2D eigenvalue weighted by molar-refractivity contribution is 14.0. The molecule has 2 rings (SSSR count). The number of hydrogen-bond acceptors (Lipinski definition) is 3. The molecule has 0 saturated heterocycles. The van der Waals surface area contributed by atoms with Gasteiger partial charge in [0.15, 0.2) is 5.96 Å². The van der Waals surface area contributed by atoms with Crippen molar-refractivity contribution in [2.75, 3.05) is 6.54 Å². The molecule has 140 valence electrons. The normalized spacial score (nSPS) is 12.6. The highest BCUT2D eigenvalue weighted by atomic mass is 127. The topological polar surface area (TPSA) is 67.4 Å². The first-order valence-electron chi connectivity index (χ1n) is 8.57. The molecular formula is C18H30IN5O. The van der Waals surface area contributed by atoms with Crippen LogP contribution in [0.4, 0.5) is 0 Å². The summed E-state index contributed by atoms with van der Waals surface area (Å²) in [5, 5.41) is 11.3. The molecule has 25 heavy (non-hydrogen) atoms. The van der Waals surface area contributed by atoms with Gasteiger partial charge < -0.3 is 15.1 Å². The molecule has 2 N–H and O–H groups in total. The summed E-state index contributed by atoms with van der Waals surface area (Å²) >= 11 is 0. The van der Waals surface area contributed by atoms with Gasteiger partial charge in [-0.05, 0) is 39.3 Å². The molecule has 0 saturated carbocycles. The van der Waals surface area contributed by atoms with Crippen molar-refractivity contribution in [3.63, 3.8) is 0 Å². The number of halogens is 1. The third kappa shape index (κ3) is 6.37. The number of nitrogens with zero attached hydrogens (tertiary/aromatic N) is 3. The quantitative estimate of drug-likeness (QED) is 0.379. The predicted molar refractivity (Wildman–Crippen MR) is 113 cm³/mol. The number of aryl methyl sites for hydroxylation is 2. The lowest BCUT2D eigenvalue weighted by Crippen LogP contribution is -2.42. The molecule has 0 fully saturated rings. The Morgan fingerprint density at radius 3 is 2.72 bits per heavy atom. The van der Waals surface area contributed by atoms with Crippen LogP contribution < -0.4 is 10.6 Å². The highest BCUT2D eigenvalue weighted by Gasteiger charge is 2.10. The largest absolute Gasteiger partial charge is 0.469 e. The van der Waals surface area contributed by atoms with Crippen molar-refractivity contribution in [1.29, 1.82) is 0 Å². The minimum Gasteiger partial charge on any atom is -0.469 e. The van der Waals surface area contributed by atoms with Gasteiger partial charge in [0.05, 0.1) is 18.5 Å². The van der Waals surface area contributed by atoms with E-state index in [1.807, 2.05) is 30.8 Å². The highest BCUT2D eigenvalue weighted by Crippen LogP contribution is 2.12. The van der Waals surface area contributed by atoms with E-state index in [0.717, 1.165) is 42.5 Å². The molecular weight excluding hydrogens is 429 g/mol. The van der Waals surface area contributed by atoms with Gasteiger partial charge in [0.25, 0.3) is 0 Å². The minimum atomic E-state index is 0. The minimum absolute atomic E-state index is 0. The van der Waals surface area contributed by atoms with Crippen molar-refractivity contribution in [2.45, 2.75) is 53.1 Å². The molecule has 2 aromatic rings. The molecule has 1 unspecified atom stereocenters. The average molecular weight is 459 g/mol. The van der Waals surface area contributed by atoms with Crippen molar-refractivity contribution in [3.05, 3.63) is 41.1 Å². The zero-order valence-electron chi connectivity index (χ0n) is 15.8. The summed E-state index contributed by atoms with van der Waals surface area (Å²) in [5.41, 5.74) is 3.39. The number of hydrogen-bond donors (Lipinski definition) is 2. The molecule has 1 atom stereocenters. The second-order valence-electron chi connectivity index (χ2n) is 6.15. The lowest BCUT2D eigenvalue weighted by molar-refractivity contribution is 0.506. The summed E-state index contributed by atoms with van der Waals surface area (Å²) in [6.45, 7) is 9.83. The Kier molecular flexibility index (Phi) is 9.02. The zero-order valence-corrected chi connectivity index (χ0v) is 18.1. The van der Waals surface area contributed by atoms with Gasteiger partial charge >= 0.3 is 0 Å². The molecule has 0 spiro atoms. The van der Waals surface area contributed by atoms with E-state index in [0.29, 0.717) is 12.6 Å². The monoisotopic (exact) mass is 459 g/mol. The van der Waals surface area contributed by atoms with E-state index in [9.17, 15) is 0 Å². The summed E-state index contributed by atoms with van der Waals surface area (Å²) in [6, 6.07) is 4.27. The van der Waals surface area contributed by atoms with Gasteiger partial charge in [-0.2, -0.15) is 5.10 Å². The third-order valence-corrected chi connectivity index (χ3v) is 4.29. The van der Waals surface area contributed by atoms with Crippen molar-refractivity contribution in [2.24, 2.45) is 12.0 Å². The van der Waals surface area contributed by atoms with Gasteiger partial charge in [0.1, 0.15) is 5.76 Å². The second kappa shape index (κ2) is 10.5. The number of guanidine groups is 1. The first kappa shape index (κ1) is 21.5. The van der Waals surface area contributed by atoms with Gasteiger partial charge in [-0.3, -0.25) is 4.68 Å². The Bertz CT molecular complexity index is 663. The summed E-state index contributed by atoms with van der Waals surface area (Å²) in [5.74, 6) is 1.81. The van der Waals surface area contributed by atoms with E-state index in [-0.39, 0.29) is 24.0 Å². The molecule has 0 aliphatic rings. The van der Waals surface area contributed by atoms with Crippen LogP contribution in [0, 0.1) is 13.8 Å². The van der Waals surface area contributed by atoms with Crippen molar-refractivity contribution >= 4 is 29.9 Å². The molecule has 0 amide bonds. The summed E-state index contributed by atoms with van der Waals surface area (Å²) in [6.07, 6.45) is 3.58. The number of furan rings is 1. The maximum absolute atomic E-state index is 5.37. The van der Waals surface area contributed by atoms with E-state index in [2.05, 4.69) is 36.5 Å². The fourth-order valence-electron chi connectivity index (χ4n) is 2.45. The lowest BCUT2D eigenvalue weighted by Gasteiger charge is -2.17. The Morgan fingerprint density at radius 2 is 2.16 bits per heavy atom. The molecule has 0 bridgehead atoms. The van der Waals surface area contributed by atoms with Crippen molar-refractivity contribution < 1.29 is 4.42 Å². The standard InChI is InChI=1S/C18H29N5O.HI/c1-6-13(2)21-18(19-10-9-16-8-7-11-24-16)20-12-17-14(3)22-23(5)15(17)4;/h7-8,11,13H,6,9-10,12H2,1-5H3,(H2,19,20,21);1H. The Labute approximate surface area is 167 Å². The van der Waals surface area contributed by atoms with Crippen LogP contribution in [0.25, 0.3) is 0 Å². The maximum atomic E-state index is 5.37. The molecule has 0 radical (unpaired) electrons. The zero-order chi connectivity index (χ0) is 17.5. The van der Waals surface area contributed by atoms with Crippen molar-refractivity contribution in [3.8, 4) is 0 Å². The Morgan fingerprint density at radius 1 is 1.40 bits per heavy atom. The fraction of sp³-hybridized carbons (Fsp3) is 0.556. The van der Waals surface area contributed by atoms with Gasteiger partial charge in [-0.1, -0.05) is 6.92 Å². The first-order chi connectivity index (χ1) is 11.5. The molecule has 7 heteroatoms. The molecule has 0 aliphatic carbocycles. The third-order valence-electron chi connectivity index (χ3n) is 4.29. The summed E-state index contributed by atoms with van der Waals surface area (Å²) in [4.78, 5) is 4.75. The first-order valence-corrected chi connectivity index (χ1v) is 8.57. The van der Waals surface area contributed by atoms with E-state index in [1.54, 1.807) is 6.26 Å². The van der Waals surface area contributed by atoms with Gasteiger partial charge in [0, 0.05) is 37.3 Å². The van der Waals surface area contributed by atoms with E-state index in [1.165, 1.54) is 5.56 Å². The molecule has 0 aromatic carbocycles. The van der Waals surface area contributed by atoms with Crippen molar-refractivity contribution in [1.82, 2.24) is 20.4 Å². The van der Waals surface area contributed by atoms with Gasteiger partial charge in [-0.15, -0.1) is 24.0 Å². The van der Waals surface area contributed by atoms with Gasteiger partial charge in [-0.25, -0.2) is 4.99 Å². The molecule has 2 heterocycles. The molecule has 6 nitrogen and oxygen atoms in total. The molecule has 0 aliphatic heterocycles. The summed E-state index contributed by atoms with van der Waals surface area (Å²) < 4.78 is 7.28. The Balaban J connectivity index is 0.00000312. The van der Waals surface area contributed by atoms with E-state index < -0.39 is 0 Å². The number of aromatic nitrogens is 2. The van der Waals surface area contributed by atoms with E-state index >= 15 is 0 Å². The SMILES string of the molecule is CCC(C)NC(=NCc1c(C)nn(C)c1C)NCCc1ccco1.I. The van der Waals surface area contributed by atoms with Crippen LogP contribution >= 0.6 is 24.0 Å². The number of nitrogens with one attached hydrogen (secondary N) is 2. The predicted octanol–water partition coefficient (Wildman–Crippen LogP) is 3.32. The molecule has 2 aromatic heterocycles. The summed E-state index contributed by atoms with van der Waals surface area (Å²) in [7, 11) is 1.97. The van der Waals surface area contributed by atoms with Crippen LogP contribution in [-0.2, 0) is 20.0 Å². The van der Waals surface area contributed by atoms with E-state index in [4.69, 9.17) is 9.41 Å². The maximum Gasteiger partial charge on any atom is 0.191 e. The van der Waals surface area contributed by atoms with Crippen LogP contribution in [0.15, 0.2) is 27.8 Å². The number of aliphatic imine (C=N–C) groups is 1.